The minimum atomic E-state index is -0.169. The molecule has 0 radical (unpaired) electrons. The second-order valence-electron chi connectivity index (χ2n) is 6.12. The maximum absolute atomic E-state index is 12.7. The number of hydrogen-bond acceptors (Lipinski definition) is 4. The lowest BCUT2D eigenvalue weighted by molar-refractivity contribution is 0.101. The van der Waals surface area contributed by atoms with Gasteiger partial charge in [-0.25, -0.2) is 0 Å². The largest absolute Gasteiger partial charge is 0.507 e. The fourth-order valence-corrected chi connectivity index (χ4v) is 2.89. The smallest absolute Gasteiger partial charge is 0.232 e. The van der Waals surface area contributed by atoms with Crippen LogP contribution in [0.3, 0.4) is 0 Å². The van der Waals surface area contributed by atoms with E-state index in [-0.39, 0.29) is 17.3 Å². The van der Waals surface area contributed by atoms with Crippen molar-refractivity contribution in [2.45, 2.75) is 13.5 Å². The molecule has 0 aliphatic carbocycles. The number of fused-ring (bicyclic) bond motifs is 1. The number of nitrogens with zero attached hydrogens (tertiary/aromatic N) is 1. The van der Waals surface area contributed by atoms with Crippen LogP contribution in [0.4, 0.5) is 0 Å². The molecule has 0 amide bonds. The molecule has 0 saturated carbocycles. The molecule has 0 atom stereocenters. The zero-order valence-electron chi connectivity index (χ0n) is 13.8. The minimum absolute atomic E-state index is 0.139. The number of phenolic OH excluding ortho intramolecular Hbond substituents is 1. The zero-order chi connectivity index (χ0) is 17.4. The molecule has 0 saturated heterocycles. The third-order valence-corrected chi connectivity index (χ3v) is 4.11. The molecule has 2 aromatic carbocycles. The summed E-state index contributed by atoms with van der Waals surface area (Å²) in [6.45, 7) is 2.28. The third kappa shape index (κ3) is 3.03. The lowest BCUT2D eigenvalue weighted by Gasteiger charge is -2.15. The molecule has 2 aromatic rings. The molecular formula is C19H18ClNO3. The van der Waals surface area contributed by atoms with Crippen LogP contribution in [-0.2, 0) is 6.54 Å². The number of ether oxygens (including phenoxy) is 1. The predicted octanol–water partition coefficient (Wildman–Crippen LogP) is 4.03. The second kappa shape index (κ2) is 6.30. The van der Waals surface area contributed by atoms with Gasteiger partial charge >= 0.3 is 0 Å². The standard InChI is InChI=1S/C19H18ClNO3/c1-11-8-15(22)14(10-21(2)3)19-17(11)18(23)16(24-19)9-12-4-6-13(20)7-5-12/h4-9,22H,10H2,1-3H3/b16-9-. The van der Waals surface area contributed by atoms with E-state index in [2.05, 4.69) is 0 Å². The van der Waals surface area contributed by atoms with Crippen molar-refractivity contribution in [3.63, 3.8) is 0 Å². The number of phenols is 1. The fourth-order valence-electron chi connectivity index (χ4n) is 2.76. The summed E-state index contributed by atoms with van der Waals surface area (Å²) in [7, 11) is 3.79. The number of benzene rings is 2. The molecular weight excluding hydrogens is 326 g/mol. The second-order valence-corrected chi connectivity index (χ2v) is 6.56. The Morgan fingerprint density at radius 3 is 2.54 bits per heavy atom. The molecule has 0 fully saturated rings. The van der Waals surface area contributed by atoms with Crippen molar-refractivity contribution in [2.24, 2.45) is 0 Å². The van der Waals surface area contributed by atoms with Gasteiger partial charge in [-0.15, -0.1) is 0 Å². The summed E-state index contributed by atoms with van der Waals surface area (Å²) >= 11 is 5.89. The SMILES string of the molecule is Cc1cc(O)c(CN(C)C)c2c1C(=O)/C(=C/c1ccc(Cl)cc1)O2. The number of halogens is 1. The molecule has 0 unspecified atom stereocenters. The number of allylic oxidation sites excluding steroid dienone is 1. The van der Waals surface area contributed by atoms with Gasteiger partial charge in [0.05, 0.1) is 11.1 Å². The van der Waals surface area contributed by atoms with Crippen LogP contribution >= 0.6 is 11.6 Å². The summed E-state index contributed by atoms with van der Waals surface area (Å²) in [4.78, 5) is 14.6. The molecule has 0 spiro atoms. The molecule has 4 nitrogen and oxygen atoms in total. The van der Waals surface area contributed by atoms with Crippen molar-refractivity contribution in [1.29, 1.82) is 0 Å². The van der Waals surface area contributed by atoms with Gasteiger partial charge in [0.15, 0.2) is 5.76 Å². The summed E-state index contributed by atoms with van der Waals surface area (Å²) in [6.07, 6.45) is 1.69. The van der Waals surface area contributed by atoms with Gasteiger partial charge in [-0.3, -0.25) is 4.79 Å². The van der Waals surface area contributed by atoms with Crippen molar-refractivity contribution >= 4 is 23.5 Å². The van der Waals surface area contributed by atoms with Gasteiger partial charge in [-0.05, 0) is 56.4 Å². The molecule has 0 aromatic heterocycles. The highest BCUT2D eigenvalue weighted by Crippen LogP contribution is 2.42. The first-order valence-electron chi connectivity index (χ1n) is 7.57. The van der Waals surface area contributed by atoms with Crippen molar-refractivity contribution in [2.75, 3.05) is 14.1 Å². The number of carbonyl (C=O) groups excluding carboxylic acids is 1. The van der Waals surface area contributed by atoms with Crippen LogP contribution in [0.15, 0.2) is 36.1 Å². The van der Waals surface area contributed by atoms with Gasteiger partial charge in [0, 0.05) is 11.6 Å². The Balaban J connectivity index is 2.06. The number of hydrogen-bond donors (Lipinski definition) is 1. The third-order valence-electron chi connectivity index (χ3n) is 3.86. The van der Waals surface area contributed by atoms with Gasteiger partial charge in [0.1, 0.15) is 11.5 Å². The molecule has 24 heavy (non-hydrogen) atoms. The van der Waals surface area contributed by atoms with Crippen molar-refractivity contribution < 1.29 is 14.6 Å². The summed E-state index contributed by atoms with van der Waals surface area (Å²) in [5.41, 5.74) is 2.67. The summed E-state index contributed by atoms with van der Waals surface area (Å²) in [5.74, 6) is 0.672. The first-order chi connectivity index (χ1) is 11.4. The molecule has 124 valence electrons. The van der Waals surface area contributed by atoms with Gasteiger partial charge in [-0.2, -0.15) is 0 Å². The van der Waals surface area contributed by atoms with Crippen molar-refractivity contribution in [3.8, 4) is 11.5 Å². The Bertz CT molecular complexity index is 839. The molecule has 0 bridgehead atoms. The number of aryl methyl sites for hydroxylation is 1. The average Bonchev–Trinajstić information content (AvgIpc) is 2.83. The molecule has 1 aliphatic heterocycles. The molecule has 1 heterocycles. The quantitative estimate of drug-likeness (QED) is 0.855. The zero-order valence-corrected chi connectivity index (χ0v) is 14.5. The first-order valence-corrected chi connectivity index (χ1v) is 7.94. The fraction of sp³-hybridized carbons (Fsp3) is 0.211. The Morgan fingerprint density at radius 2 is 1.92 bits per heavy atom. The number of carbonyl (C=O) groups is 1. The van der Waals surface area contributed by atoms with E-state index in [0.717, 1.165) is 5.56 Å². The van der Waals surface area contributed by atoms with E-state index in [1.165, 1.54) is 0 Å². The molecule has 1 N–H and O–H groups in total. The predicted molar refractivity (Wildman–Crippen MR) is 94.6 cm³/mol. The van der Waals surface area contributed by atoms with Crippen LogP contribution in [0, 0.1) is 6.92 Å². The van der Waals surface area contributed by atoms with E-state index in [4.69, 9.17) is 16.3 Å². The highest BCUT2D eigenvalue weighted by molar-refractivity contribution is 6.30. The number of ketones is 1. The van der Waals surface area contributed by atoms with Gasteiger partial charge < -0.3 is 14.7 Å². The Kier molecular flexibility index (Phi) is 4.35. The van der Waals surface area contributed by atoms with Gasteiger partial charge in [0.25, 0.3) is 0 Å². The van der Waals surface area contributed by atoms with Gasteiger partial charge in [-0.1, -0.05) is 23.7 Å². The van der Waals surface area contributed by atoms with Crippen LogP contribution in [0.25, 0.3) is 6.08 Å². The van der Waals surface area contributed by atoms with E-state index < -0.39 is 0 Å². The highest BCUT2D eigenvalue weighted by atomic mass is 35.5. The Morgan fingerprint density at radius 1 is 1.25 bits per heavy atom. The topological polar surface area (TPSA) is 49.8 Å². The minimum Gasteiger partial charge on any atom is -0.507 e. The van der Waals surface area contributed by atoms with Crippen LogP contribution in [0.1, 0.15) is 27.0 Å². The van der Waals surface area contributed by atoms with E-state index in [1.807, 2.05) is 31.1 Å². The summed E-state index contributed by atoms with van der Waals surface area (Å²) in [5, 5.41) is 10.9. The lowest BCUT2D eigenvalue weighted by atomic mass is 9.99. The van der Waals surface area contributed by atoms with Crippen molar-refractivity contribution in [3.05, 3.63) is 63.4 Å². The summed E-state index contributed by atoms with van der Waals surface area (Å²) in [6, 6.07) is 8.77. The van der Waals surface area contributed by atoms with E-state index in [9.17, 15) is 9.90 Å². The van der Waals surface area contributed by atoms with Crippen LogP contribution in [0.2, 0.25) is 5.02 Å². The van der Waals surface area contributed by atoms with Gasteiger partial charge in [0.2, 0.25) is 5.78 Å². The van der Waals surface area contributed by atoms with Crippen LogP contribution in [0.5, 0.6) is 11.5 Å². The molecule has 5 heteroatoms. The summed E-state index contributed by atoms with van der Waals surface area (Å²) < 4.78 is 5.84. The number of aromatic hydroxyl groups is 1. The average molecular weight is 344 g/mol. The van der Waals surface area contributed by atoms with Crippen molar-refractivity contribution in [1.82, 2.24) is 4.90 Å². The first kappa shape index (κ1) is 16.6. The van der Waals surface area contributed by atoms with Crippen LogP contribution in [-0.4, -0.2) is 29.9 Å². The number of rotatable bonds is 3. The number of Topliss-reactive ketones (excluding diaryl/α,β-unsaturated/α-hetero) is 1. The van der Waals surface area contributed by atoms with Crippen LogP contribution < -0.4 is 4.74 Å². The Hall–Kier alpha value is -2.30. The molecule has 1 aliphatic rings. The highest BCUT2D eigenvalue weighted by Gasteiger charge is 2.33. The van der Waals surface area contributed by atoms with E-state index >= 15 is 0 Å². The normalized spacial score (nSPS) is 15.0. The van der Waals surface area contributed by atoms with E-state index in [1.54, 1.807) is 31.2 Å². The monoisotopic (exact) mass is 343 g/mol. The Labute approximate surface area is 145 Å². The molecule has 3 rings (SSSR count). The maximum Gasteiger partial charge on any atom is 0.232 e. The maximum atomic E-state index is 12.7. The lowest BCUT2D eigenvalue weighted by Crippen LogP contribution is -2.12. The van der Waals surface area contributed by atoms with E-state index in [0.29, 0.717) is 34.0 Å².